The molecule has 3 rings (SSSR count). The Morgan fingerprint density at radius 2 is 2.00 bits per heavy atom. The highest BCUT2D eigenvalue weighted by Gasteiger charge is 2.29. The quantitative estimate of drug-likeness (QED) is 0.804. The zero-order chi connectivity index (χ0) is 17.8. The molecule has 0 saturated heterocycles. The van der Waals surface area contributed by atoms with Crippen LogP contribution in [0.2, 0.25) is 0 Å². The van der Waals surface area contributed by atoms with Gasteiger partial charge in [-0.15, -0.1) is 0 Å². The molecular formula is C17H13F3N2O2S. The van der Waals surface area contributed by atoms with Crippen molar-refractivity contribution in [1.29, 1.82) is 0 Å². The van der Waals surface area contributed by atoms with E-state index in [-0.39, 0.29) is 6.42 Å². The van der Waals surface area contributed by atoms with Crippen LogP contribution >= 0.6 is 11.8 Å². The number of alkyl halides is 2. The van der Waals surface area contributed by atoms with E-state index in [0.29, 0.717) is 33.6 Å². The smallest absolute Gasteiger partial charge is 0.288 e. The summed E-state index contributed by atoms with van der Waals surface area (Å²) in [4.78, 5) is 17.7. The number of nitrogens with one attached hydrogen (secondary N) is 1. The van der Waals surface area contributed by atoms with Crippen LogP contribution in [-0.4, -0.2) is 23.5 Å². The number of hydrogen-bond donors (Lipinski definition) is 1. The zero-order valence-corrected chi connectivity index (χ0v) is 13.6. The summed E-state index contributed by atoms with van der Waals surface area (Å²) in [6.45, 7) is 0. The van der Waals surface area contributed by atoms with Crippen molar-refractivity contribution in [2.24, 2.45) is 5.16 Å². The lowest BCUT2D eigenvalue weighted by atomic mass is 10.0. The van der Waals surface area contributed by atoms with Crippen molar-refractivity contribution in [1.82, 2.24) is 0 Å². The number of anilines is 1. The molecular weight excluding hydrogens is 353 g/mol. The third-order valence-corrected chi connectivity index (χ3v) is 4.19. The van der Waals surface area contributed by atoms with Crippen molar-refractivity contribution in [3.05, 3.63) is 59.9 Å². The molecule has 1 heterocycles. The molecule has 1 atom stereocenters. The summed E-state index contributed by atoms with van der Waals surface area (Å²) in [5.74, 6) is -3.30. The topological polar surface area (TPSA) is 50.7 Å². The van der Waals surface area contributed by atoms with Gasteiger partial charge in [0.2, 0.25) is 6.10 Å². The first-order valence-electron chi connectivity index (χ1n) is 7.35. The van der Waals surface area contributed by atoms with Gasteiger partial charge < -0.3 is 10.2 Å². The molecule has 25 heavy (non-hydrogen) atoms. The fraction of sp³-hybridized carbons (Fsp3) is 0.176. The van der Waals surface area contributed by atoms with Crippen LogP contribution in [0.5, 0.6) is 0 Å². The van der Waals surface area contributed by atoms with Gasteiger partial charge in [-0.25, -0.2) is 4.39 Å². The van der Waals surface area contributed by atoms with Crippen molar-refractivity contribution in [2.75, 3.05) is 5.32 Å². The molecule has 1 aliphatic rings. The van der Waals surface area contributed by atoms with Crippen molar-refractivity contribution in [2.45, 2.75) is 23.2 Å². The summed E-state index contributed by atoms with van der Waals surface area (Å²) in [7, 11) is 0. The first-order chi connectivity index (χ1) is 12.0. The molecule has 0 spiro atoms. The highest BCUT2D eigenvalue weighted by Crippen LogP contribution is 2.26. The summed E-state index contributed by atoms with van der Waals surface area (Å²) in [5, 5.41) is 6.48. The molecule has 0 aliphatic carbocycles. The van der Waals surface area contributed by atoms with E-state index < -0.39 is 23.6 Å². The van der Waals surface area contributed by atoms with Gasteiger partial charge in [-0.2, -0.15) is 8.78 Å². The maximum Gasteiger partial charge on any atom is 0.288 e. The Morgan fingerprint density at radius 1 is 1.24 bits per heavy atom. The van der Waals surface area contributed by atoms with E-state index in [1.165, 1.54) is 36.4 Å². The van der Waals surface area contributed by atoms with Gasteiger partial charge in [0.1, 0.15) is 5.82 Å². The Bertz CT molecular complexity index is 797. The Kier molecular flexibility index (Phi) is 5.28. The second-order valence-corrected chi connectivity index (χ2v) is 6.30. The minimum atomic E-state index is -2.49. The van der Waals surface area contributed by atoms with E-state index in [9.17, 15) is 18.0 Å². The van der Waals surface area contributed by atoms with Gasteiger partial charge in [0.15, 0.2) is 0 Å². The van der Waals surface area contributed by atoms with Crippen LogP contribution in [0.4, 0.5) is 18.9 Å². The first-order valence-corrected chi connectivity index (χ1v) is 8.23. The van der Waals surface area contributed by atoms with Gasteiger partial charge in [0.25, 0.3) is 11.7 Å². The lowest BCUT2D eigenvalue weighted by Crippen LogP contribution is -2.28. The standard InChI is InChI=1S/C17H13F3N2O2S/c18-11-3-1-2-10(8-11)14-9-15(24-22-14)16(23)21-12-4-6-13(7-5-12)25-17(19)20/h1-8,15,17H,9H2,(H,21,23). The summed E-state index contributed by atoms with van der Waals surface area (Å²) >= 11 is 0.431. The molecule has 1 unspecified atom stereocenters. The van der Waals surface area contributed by atoms with Gasteiger partial charge in [-0.1, -0.05) is 29.1 Å². The molecule has 8 heteroatoms. The van der Waals surface area contributed by atoms with Gasteiger partial charge >= 0.3 is 0 Å². The molecule has 1 aliphatic heterocycles. The van der Waals surface area contributed by atoms with Crippen molar-refractivity contribution in [3.8, 4) is 0 Å². The van der Waals surface area contributed by atoms with Crippen LogP contribution < -0.4 is 5.32 Å². The normalized spacial score (nSPS) is 16.5. The largest absolute Gasteiger partial charge is 0.382 e. The molecule has 0 fully saturated rings. The Hall–Kier alpha value is -2.48. The highest BCUT2D eigenvalue weighted by atomic mass is 32.2. The number of hydrogen-bond acceptors (Lipinski definition) is 4. The summed E-state index contributed by atoms with van der Waals surface area (Å²) < 4.78 is 37.8. The van der Waals surface area contributed by atoms with Crippen molar-refractivity contribution >= 4 is 29.1 Å². The molecule has 0 radical (unpaired) electrons. The fourth-order valence-electron chi connectivity index (χ4n) is 2.30. The van der Waals surface area contributed by atoms with E-state index in [1.807, 2.05) is 0 Å². The molecule has 0 bridgehead atoms. The summed E-state index contributed by atoms with van der Waals surface area (Å²) in [6.07, 6.45) is -0.609. The van der Waals surface area contributed by atoms with E-state index >= 15 is 0 Å². The van der Waals surface area contributed by atoms with Gasteiger partial charge in [0.05, 0.1) is 5.71 Å². The summed E-state index contributed by atoms with van der Waals surface area (Å²) in [5.41, 5.74) is 1.51. The zero-order valence-electron chi connectivity index (χ0n) is 12.8. The van der Waals surface area contributed by atoms with Crippen LogP contribution in [0.15, 0.2) is 58.6 Å². The van der Waals surface area contributed by atoms with Gasteiger partial charge in [0, 0.05) is 22.6 Å². The minimum Gasteiger partial charge on any atom is -0.382 e. The predicted molar refractivity (Wildman–Crippen MR) is 89.4 cm³/mol. The number of thioether (sulfide) groups is 1. The monoisotopic (exact) mass is 366 g/mol. The molecule has 2 aromatic rings. The van der Waals surface area contributed by atoms with Crippen LogP contribution in [0.3, 0.4) is 0 Å². The number of rotatable bonds is 5. The first kappa shape index (κ1) is 17.3. The van der Waals surface area contributed by atoms with Crippen molar-refractivity contribution < 1.29 is 22.8 Å². The van der Waals surface area contributed by atoms with Crippen LogP contribution in [0.1, 0.15) is 12.0 Å². The number of amides is 1. The van der Waals surface area contributed by atoms with Gasteiger partial charge in [-0.3, -0.25) is 4.79 Å². The second kappa shape index (κ2) is 7.60. The number of nitrogens with zero attached hydrogens (tertiary/aromatic N) is 1. The number of oxime groups is 1. The molecule has 2 aromatic carbocycles. The maximum atomic E-state index is 13.3. The van der Waals surface area contributed by atoms with Gasteiger partial charge in [-0.05, 0) is 36.4 Å². The third-order valence-electron chi connectivity index (χ3n) is 3.47. The van der Waals surface area contributed by atoms with Crippen LogP contribution in [0.25, 0.3) is 0 Å². The Balaban J connectivity index is 1.58. The lowest BCUT2D eigenvalue weighted by Gasteiger charge is -2.10. The van der Waals surface area contributed by atoms with Crippen molar-refractivity contribution in [3.63, 3.8) is 0 Å². The Labute approximate surface area is 146 Å². The molecule has 130 valence electrons. The number of benzene rings is 2. The van der Waals surface area contributed by atoms with E-state index in [2.05, 4.69) is 10.5 Å². The average molecular weight is 366 g/mol. The number of halogens is 3. The minimum absolute atomic E-state index is 0.217. The lowest BCUT2D eigenvalue weighted by molar-refractivity contribution is -0.125. The number of carbonyl (C=O) groups excluding carboxylic acids is 1. The highest BCUT2D eigenvalue weighted by molar-refractivity contribution is 7.99. The third kappa shape index (κ3) is 4.54. The average Bonchev–Trinajstić information content (AvgIpc) is 3.06. The fourth-order valence-corrected chi connectivity index (χ4v) is 2.80. The Morgan fingerprint density at radius 3 is 2.68 bits per heavy atom. The van der Waals surface area contributed by atoms with Crippen LogP contribution in [0, 0.1) is 5.82 Å². The molecule has 1 amide bonds. The molecule has 4 nitrogen and oxygen atoms in total. The molecule has 1 N–H and O–H groups in total. The maximum absolute atomic E-state index is 13.3. The summed E-state index contributed by atoms with van der Waals surface area (Å²) in [6, 6.07) is 11.9. The number of carbonyl (C=O) groups is 1. The van der Waals surface area contributed by atoms with Crippen LogP contribution in [-0.2, 0) is 9.63 Å². The predicted octanol–water partition coefficient (Wildman–Crippen LogP) is 4.27. The molecule has 0 aromatic heterocycles. The second-order valence-electron chi connectivity index (χ2n) is 5.24. The van der Waals surface area contributed by atoms with E-state index in [1.54, 1.807) is 12.1 Å². The molecule has 0 saturated carbocycles. The van der Waals surface area contributed by atoms with E-state index in [0.717, 1.165) is 0 Å². The SMILES string of the molecule is O=C(Nc1ccc(SC(F)F)cc1)C1CC(c2cccc(F)c2)=NO1. The van der Waals surface area contributed by atoms with E-state index in [4.69, 9.17) is 4.84 Å².